The van der Waals surface area contributed by atoms with Crippen molar-refractivity contribution in [3.05, 3.63) is 65.9 Å². The Bertz CT molecular complexity index is 909. The lowest BCUT2D eigenvalue weighted by molar-refractivity contribution is 0.242. The Hall–Kier alpha value is -3.28. The van der Waals surface area contributed by atoms with Gasteiger partial charge in [0.1, 0.15) is 17.3 Å². The van der Waals surface area contributed by atoms with Crippen LogP contribution in [0.15, 0.2) is 54.6 Å². The molecule has 0 unspecified atom stereocenters. The number of aryl methyl sites for hydroxylation is 1. The first kappa shape index (κ1) is 20.5. The molecular weight excluding hydrogens is 364 g/mol. The van der Waals surface area contributed by atoms with E-state index in [9.17, 15) is 0 Å². The van der Waals surface area contributed by atoms with Crippen LogP contribution >= 0.6 is 0 Å². The molecule has 6 nitrogen and oxygen atoms in total. The zero-order valence-electron chi connectivity index (χ0n) is 17.4. The van der Waals surface area contributed by atoms with E-state index >= 15 is 0 Å². The highest BCUT2D eigenvalue weighted by atomic mass is 16.5. The molecule has 0 spiro atoms. The average molecular weight is 393 g/mol. The first-order valence-corrected chi connectivity index (χ1v) is 9.78. The predicted molar refractivity (Wildman–Crippen MR) is 117 cm³/mol. The van der Waals surface area contributed by atoms with Crippen molar-refractivity contribution in [2.75, 3.05) is 24.3 Å². The van der Waals surface area contributed by atoms with Crippen LogP contribution in [0.5, 0.6) is 11.5 Å². The van der Waals surface area contributed by atoms with Gasteiger partial charge in [0.2, 0.25) is 5.95 Å². The summed E-state index contributed by atoms with van der Waals surface area (Å²) in [6, 6.07) is 17.9. The molecular formula is C23H28N4O2. The minimum Gasteiger partial charge on any atom is -0.497 e. The van der Waals surface area contributed by atoms with Gasteiger partial charge in [0.15, 0.2) is 0 Å². The second-order valence-electron chi connectivity index (χ2n) is 7.06. The fourth-order valence-electron chi connectivity index (χ4n) is 2.86. The van der Waals surface area contributed by atoms with E-state index in [2.05, 4.69) is 32.7 Å². The number of rotatable bonds is 9. The van der Waals surface area contributed by atoms with E-state index in [1.54, 1.807) is 7.11 Å². The van der Waals surface area contributed by atoms with Gasteiger partial charge in [-0.25, -0.2) is 4.98 Å². The zero-order valence-corrected chi connectivity index (χ0v) is 17.4. The van der Waals surface area contributed by atoms with Gasteiger partial charge < -0.3 is 20.1 Å². The number of methoxy groups -OCH3 is 1. The molecule has 0 bridgehead atoms. The van der Waals surface area contributed by atoms with E-state index in [0.29, 0.717) is 5.95 Å². The molecule has 1 aromatic heterocycles. The van der Waals surface area contributed by atoms with Gasteiger partial charge in [0, 0.05) is 24.0 Å². The first-order chi connectivity index (χ1) is 14.0. The van der Waals surface area contributed by atoms with Crippen molar-refractivity contribution in [3.63, 3.8) is 0 Å². The molecule has 0 aliphatic rings. The highest BCUT2D eigenvalue weighted by Gasteiger charge is 2.04. The Morgan fingerprint density at radius 3 is 2.28 bits per heavy atom. The summed E-state index contributed by atoms with van der Waals surface area (Å²) in [5.41, 5.74) is 3.07. The van der Waals surface area contributed by atoms with Gasteiger partial charge in [-0.05, 0) is 69.2 Å². The number of aromatic nitrogens is 2. The van der Waals surface area contributed by atoms with E-state index in [4.69, 9.17) is 9.47 Å². The normalized spacial score (nSPS) is 10.7. The number of hydrogen-bond acceptors (Lipinski definition) is 6. The number of benzene rings is 2. The molecule has 2 N–H and O–H groups in total. The third kappa shape index (κ3) is 6.38. The van der Waals surface area contributed by atoms with E-state index in [-0.39, 0.29) is 6.10 Å². The van der Waals surface area contributed by atoms with Gasteiger partial charge in [0.05, 0.1) is 13.2 Å². The third-order valence-corrected chi connectivity index (χ3v) is 4.21. The van der Waals surface area contributed by atoms with E-state index in [0.717, 1.165) is 41.7 Å². The summed E-state index contributed by atoms with van der Waals surface area (Å²) in [6.07, 6.45) is 1.03. The van der Waals surface area contributed by atoms with Crippen molar-refractivity contribution in [3.8, 4) is 11.5 Å². The van der Waals surface area contributed by atoms with Crippen LogP contribution < -0.4 is 20.1 Å². The van der Waals surface area contributed by atoms with Gasteiger partial charge in [-0.2, -0.15) is 4.98 Å². The summed E-state index contributed by atoms with van der Waals surface area (Å²) in [5, 5.41) is 6.63. The molecule has 0 aliphatic carbocycles. The monoisotopic (exact) mass is 392 g/mol. The molecule has 6 heteroatoms. The van der Waals surface area contributed by atoms with Crippen molar-refractivity contribution in [2.24, 2.45) is 0 Å². The third-order valence-electron chi connectivity index (χ3n) is 4.21. The molecule has 0 saturated heterocycles. The Morgan fingerprint density at radius 1 is 0.931 bits per heavy atom. The molecule has 0 radical (unpaired) electrons. The minimum absolute atomic E-state index is 0.157. The molecule has 0 amide bonds. The van der Waals surface area contributed by atoms with Crippen LogP contribution in [0.4, 0.5) is 17.5 Å². The summed E-state index contributed by atoms with van der Waals surface area (Å²) >= 11 is 0. The molecule has 0 aliphatic heterocycles. The topological polar surface area (TPSA) is 68.3 Å². The Balaban J connectivity index is 1.58. The Labute approximate surface area is 172 Å². The minimum atomic E-state index is 0.157. The Morgan fingerprint density at radius 2 is 1.62 bits per heavy atom. The zero-order chi connectivity index (χ0) is 20.6. The maximum Gasteiger partial charge on any atom is 0.224 e. The number of nitrogens with one attached hydrogen (secondary N) is 2. The maximum absolute atomic E-state index is 5.68. The molecule has 152 valence electrons. The van der Waals surface area contributed by atoms with Crippen LogP contribution in [0.1, 0.15) is 25.1 Å². The summed E-state index contributed by atoms with van der Waals surface area (Å²) < 4.78 is 10.9. The average Bonchev–Trinajstić information content (AvgIpc) is 2.69. The van der Waals surface area contributed by atoms with Crippen LogP contribution in [0.3, 0.4) is 0 Å². The van der Waals surface area contributed by atoms with Crippen LogP contribution in [0, 0.1) is 6.92 Å². The maximum atomic E-state index is 5.68. The lowest BCUT2D eigenvalue weighted by Crippen LogP contribution is -2.09. The standard InChI is InChI=1S/C23H28N4O2/c1-16(2)29-21-11-7-19(8-12-21)26-22-15-17(3)25-23(27-22)24-14-13-18-5-9-20(28-4)10-6-18/h5-12,15-16H,13-14H2,1-4H3,(H2,24,25,26,27). The second-order valence-corrected chi connectivity index (χ2v) is 7.06. The SMILES string of the molecule is COc1ccc(CCNc2nc(C)cc(Nc3ccc(OC(C)C)cc3)n2)cc1. The van der Waals surface area contributed by atoms with Gasteiger partial charge in [-0.3, -0.25) is 0 Å². The van der Waals surface area contributed by atoms with E-state index in [1.165, 1.54) is 5.56 Å². The van der Waals surface area contributed by atoms with E-state index in [1.807, 2.05) is 63.2 Å². The van der Waals surface area contributed by atoms with Crippen molar-refractivity contribution < 1.29 is 9.47 Å². The van der Waals surface area contributed by atoms with Crippen molar-refractivity contribution >= 4 is 17.5 Å². The highest BCUT2D eigenvalue weighted by Crippen LogP contribution is 2.21. The Kier molecular flexibility index (Phi) is 6.89. The van der Waals surface area contributed by atoms with Crippen molar-refractivity contribution in [1.82, 2.24) is 9.97 Å². The molecule has 2 aromatic carbocycles. The van der Waals surface area contributed by atoms with Crippen molar-refractivity contribution in [1.29, 1.82) is 0 Å². The lowest BCUT2D eigenvalue weighted by atomic mass is 10.1. The summed E-state index contributed by atoms with van der Waals surface area (Å²) in [7, 11) is 1.67. The lowest BCUT2D eigenvalue weighted by Gasteiger charge is -2.12. The quantitative estimate of drug-likeness (QED) is 0.535. The fourth-order valence-corrected chi connectivity index (χ4v) is 2.86. The van der Waals surface area contributed by atoms with Gasteiger partial charge in [0.25, 0.3) is 0 Å². The van der Waals surface area contributed by atoms with Gasteiger partial charge >= 0.3 is 0 Å². The van der Waals surface area contributed by atoms with Crippen LogP contribution in [0.2, 0.25) is 0 Å². The molecule has 0 fully saturated rings. The number of nitrogens with zero attached hydrogens (tertiary/aromatic N) is 2. The van der Waals surface area contributed by atoms with Crippen LogP contribution in [-0.2, 0) is 6.42 Å². The summed E-state index contributed by atoms with van der Waals surface area (Å²) in [6.45, 7) is 6.73. The molecule has 1 heterocycles. The first-order valence-electron chi connectivity index (χ1n) is 9.78. The molecule has 3 aromatic rings. The predicted octanol–water partition coefficient (Wildman–Crippen LogP) is 4.98. The molecule has 3 rings (SSSR count). The van der Waals surface area contributed by atoms with E-state index < -0.39 is 0 Å². The van der Waals surface area contributed by atoms with Crippen LogP contribution in [0.25, 0.3) is 0 Å². The largest absolute Gasteiger partial charge is 0.497 e. The van der Waals surface area contributed by atoms with Crippen LogP contribution in [-0.4, -0.2) is 29.7 Å². The fraction of sp³-hybridized carbons (Fsp3) is 0.304. The number of hydrogen-bond donors (Lipinski definition) is 2. The summed E-state index contributed by atoms with van der Waals surface area (Å²) in [5.74, 6) is 3.08. The van der Waals surface area contributed by atoms with Gasteiger partial charge in [-0.1, -0.05) is 12.1 Å². The number of anilines is 3. The second kappa shape index (κ2) is 9.78. The number of ether oxygens (including phenoxy) is 2. The van der Waals surface area contributed by atoms with Crippen molar-refractivity contribution in [2.45, 2.75) is 33.3 Å². The molecule has 29 heavy (non-hydrogen) atoms. The molecule has 0 saturated carbocycles. The molecule has 0 atom stereocenters. The highest BCUT2D eigenvalue weighted by molar-refractivity contribution is 5.58. The summed E-state index contributed by atoms with van der Waals surface area (Å²) in [4.78, 5) is 9.05. The van der Waals surface area contributed by atoms with Gasteiger partial charge in [-0.15, -0.1) is 0 Å². The smallest absolute Gasteiger partial charge is 0.224 e.